The smallest absolute Gasteiger partial charge is 0.277 e. The van der Waals surface area contributed by atoms with Crippen molar-refractivity contribution in [3.63, 3.8) is 0 Å². The first-order valence-electron chi connectivity index (χ1n) is 8.86. The Morgan fingerprint density at radius 3 is 2.57 bits per heavy atom. The molecule has 4 aromatic rings. The Morgan fingerprint density at radius 2 is 1.77 bits per heavy atom. The minimum Gasteiger partial charge on any atom is -0.411 e. The summed E-state index contributed by atoms with van der Waals surface area (Å²) < 4.78 is 5.60. The Morgan fingerprint density at radius 1 is 1.00 bits per heavy atom. The Bertz CT molecular complexity index is 1140. The van der Waals surface area contributed by atoms with Gasteiger partial charge in [-0.3, -0.25) is 9.78 Å². The van der Waals surface area contributed by atoms with E-state index in [0.717, 1.165) is 21.0 Å². The Hall–Kier alpha value is -2.81. The molecule has 2 aromatic heterocycles. The van der Waals surface area contributed by atoms with Gasteiger partial charge in [-0.25, -0.2) is 0 Å². The molecule has 0 aliphatic carbocycles. The van der Waals surface area contributed by atoms with E-state index in [1.54, 1.807) is 36.3 Å². The van der Waals surface area contributed by atoms with Crippen molar-refractivity contribution in [2.24, 2.45) is 0 Å². The number of rotatable bonds is 7. The summed E-state index contributed by atoms with van der Waals surface area (Å²) in [4.78, 5) is 18.4. The second kappa shape index (κ2) is 9.80. The molecule has 0 spiro atoms. The monoisotopic (exact) mass is 454 g/mol. The average Bonchev–Trinajstić information content (AvgIpc) is 3.25. The third kappa shape index (κ3) is 5.41. The number of nitrogens with one attached hydrogen (secondary N) is 1. The van der Waals surface area contributed by atoms with Crippen LogP contribution in [0.4, 0.5) is 5.69 Å². The fourth-order valence-electron chi connectivity index (χ4n) is 2.48. The molecule has 30 heavy (non-hydrogen) atoms. The highest BCUT2D eigenvalue weighted by atomic mass is 35.5. The predicted molar refractivity (Wildman–Crippen MR) is 119 cm³/mol. The minimum atomic E-state index is -0.159. The maximum atomic E-state index is 12.5. The number of carbonyl (C=O) groups is 1. The molecule has 0 bridgehead atoms. The minimum absolute atomic E-state index is 0.151. The van der Waals surface area contributed by atoms with Crippen LogP contribution < -0.4 is 5.32 Å². The molecule has 0 atom stereocenters. The third-order valence-corrected chi connectivity index (χ3v) is 6.02. The van der Waals surface area contributed by atoms with Crippen LogP contribution in [0.15, 0.2) is 92.5 Å². The van der Waals surface area contributed by atoms with Gasteiger partial charge in [-0.2, -0.15) is 0 Å². The number of para-hydroxylation sites is 1. The molecule has 0 aliphatic heterocycles. The molecule has 0 unspecified atom stereocenters. The first-order chi connectivity index (χ1) is 14.7. The van der Waals surface area contributed by atoms with E-state index in [-0.39, 0.29) is 11.7 Å². The van der Waals surface area contributed by atoms with E-state index in [2.05, 4.69) is 20.5 Å². The van der Waals surface area contributed by atoms with Crippen LogP contribution in [0, 0.1) is 0 Å². The first kappa shape index (κ1) is 20.5. The number of aromatic nitrogens is 3. The molecule has 0 fully saturated rings. The van der Waals surface area contributed by atoms with Gasteiger partial charge in [0.05, 0.1) is 11.4 Å². The Labute approximate surface area is 186 Å². The molecular formula is C21H15ClN4O2S2. The van der Waals surface area contributed by atoms with Crippen molar-refractivity contribution >= 4 is 46.7 Å². The van der Waals surface area contributed by atoms with Crippen LogP contribution in [-0.2, 0) is 4.79 Å². The highest BCUT2D eigenvalue weighted by Gasteiger charge is 2.13. The quantitative estimate of drug-likeness (QED) is 0.360. The van der Waals surface area contributed by atoms with Gasteiger partial charge in [0.25, 0.3) is 5.22 Å². The Kier molecular flexibility index (Phi) is 6.68. The van der Waals surface area contributed by atoms with E-state index in [1.165, 1.54) is 11.8 Å². The van der Waals surface area contributed by atoms with E-state index in [9.17, 15) is 4.79 Å². The van der Waals surface area contributed by atoms with Gasteiger partial charge in [0.1, 0.15) is 0 Å². The van der Waals surface area contributed by atoms with E-state index < -0.39 is 0 Å². The van der Waals surface area contributed by atoms with Gasteiger partial charge < -0.3 is 9.73 Å². The van der Waals surface area contributed by atoms with Gasteiger partial charge in [0.15, 0.2) is 0 Å². The second-order valence-electron chi connectivity index (χ2n) is 6.00. The van der Waals surface area contributed by atoms with Crippen molar-refractivity contribution in [2.45, 2.75) is 15.0 Å². The summed E-state index contributed by atoms with van der Waals surface area (Å²) in [6.07, 6.45) is 3.30. The third-order valence-electron chi connectivity index (χ3n) is 3.86. The fraction of sp³-hybridized carbons (Fsp3) is 0.0476. The summed E-state index contributed by atoms with van der Waals surface area (Å²) in [5.74, 6) is 0.385. The molecule has 4 rings (SSSR count). The molecule has 1 N–H and O–H groups in total. The summed E-state index contributed by atoms with van der Waals surface area (Å²) >= 11 is 8.69. The lowest BCUT2D eigenvalue weighted by molar-refractivity contribution is -0.113. The van der Waals surface area contributed by atoms with Crippen molar-refractivity contribution in [1.82, 2.24) is 15.2 Å². The zero-order valence-electron chi connectivity index (χ0n) is 15.5. The molecule has 150 valence electrons. The first-order valence-corrected chi connectivity index (χ1v) is 11.0. The number of hydrogen-bond acceptors (Lipinski definition) is 7. The maximum Gasteiger partial charge on any atom is 0.277 e. The van der Waals surface area contributed by atoms with Crippen LogP contribution in [0.1, 0.15) is 0 Å². The molecule has 0 saturated heterocycles. The normalized spacial score (nSPS) is 10.7. The molecule has 0 saturated carbocycles. The zero-order chi connectivity index (χ0) is 20.8. The van der Waals surface area contributed by atoms with Crippen LogP contribution in [0.25, 0.3) is 11.5 Å². The summed E-state index contributed by atoms with van der Waals surface area (Å²) in [5.41, 5.74) is 1.52. The number of pyridine rings is 1. The van der Waals surface area contributed by atoms with Crippen molar-refractivity contribution in [3.8, 4) is 11.5 Å². The topological polar surface area (TPSA) is 80.9 Å². The van der Waals surface area contributed by atoms with E-state index in [4.69, 9.17) is 16.0 Å². The van der Waals surface area contributed by atoms with Gasteiger partial charge in [-0.1, -0.05) is 47.3 Å². The number of benzene rings is 2. The molecule has 1 amide bonds. The lowest BCUT2D eigenvalue weighted by Crippen LogP contribution is -2.14. The highest BCUT2D eigenvalue weighted by molar-refractivity contribution is 8.00. The maximum absolute atomic E-state index is 12.5. The summed E-state index contributed by atoms with van der Waals surface area (Å²) in [7, 11) is 0. The van der Waals surface area contributed by atoms with Gasteiger partial charge in [-0.15, -0.1) is 10.2 Å². The predicted octanol–water partition coefficient (Wildman–Crippen LogP) is 5.67. The van der Waals surface area contributed by atoms with Crippen LogP contribution in [-0.4, -0.2) is 26.8 Å². The number of halogens is 1. The van der Waals surface area contributed by atoms with Crippen LogP contribution >= 0.6 is 35.1 Å². The number of hydrogen-bond donors (Lipinski definition) is 1. The molecule has 2 heterocycles. The SMILES string of the molecule is O=C(CSc1nnc(-c2ccncc2)o1)Nc1ccccc1Sc1ccc(Cl)cc1. The average molecular weight is 455 g/mol. The second-order valence-corrected chi connectivity index (χ2v) is 8.48. The van der Waals surface area contributed by atoms with E-state index in [0.29, 0.717) is 16.1 Å². The lowest BCUT2D eigenvalue weighted by Gasteiger charge is -2.10. The standard InChI is InChI=1S/C21H15ClN4O2S2/c22-15-5-7-16(8-6-15)30-18-4-2-1-3-17(18)24-19(27)13-29-21-26-25-20(28-21)14-9-11-23-12-10-14/h1-12H,13H2,(H,24,27). The van der Waals surface area contributed by atoms with Crippen LogP contribution in [0.5, 0.6) is 0 Å². The number of nitrogens with zero attached hydrogens (tertiary/aromatic N) is 3. The van der Waals surface area contributed by atoms with Crippen LogP contribution in [0.2, 0.25) is 5.02 Å². The van der Waals surface area contributed by atoms with E-state index in [1.807, 2.05) is 48.5 Å². The molecule has 9 heteroatoms. The van der Waals surface area contributed by atoms with E-state index >= 15 is 0 Å². The number of amides is 1. The number of thioether (sulfide) groups is 1. The Balaban J connectivity index is 1.37. The van der Waals surface area contributed by atoms with Crippen molar-refractivity contribution in [2.75, 3.05) is 11.1 Å². The molecular weight excluding hydrogens is 440 g/mol. The van der Waals surface area contributed by atoms with Gasteiger partial charge >= 0.3 is 0 Å². The molecule has 6 nitrogen and oxygen atoms in total. The summed E-state index contributed by atoms with van der Waals surface area (Å²) in [5, 5.41) is 12.0. The van der Waals surface area contributed by atoms with Gasteiger partial charge in [-0.05, 0) is 48.5 Å². The molecule has 0 radical (unpaired) electrons. The summed E-state index contributed by atoms with van der Waals surface area (Å²) in [6.45, 7) is 0. The van der Waals surface area contributed by atoms with Crippen molar-refractivity contribution < 1.29 is 9.21 Å². The van der Waals surface area contributed by atoms with Crippen molar-refractivity contribution in [3.05, 3.63) is 78.1 Å². The number of anilines is 1. The highest BCUT2D eigenvalue weighted by Crippen LogP contribution is 2.34. The van der Waals surface area contributed by atoms with Gasteiger partial charge in [0.2, 0.25) is 11.8 Å². The molecule has 0 aliphatic rings. The lowest BCUT2D eigenvalue weighted by atomic mass is 10.3. The van der Waals surface area contributed by atoms with Crippen LogP contribution in [0.3, 0.4) is 0 Å². The van der Waals surface area contributed by atoms with Gasteiger partial charge in [0, 0.05) is 32.8 Å². The zero-order valence-corrected chi connectivity index (χ0v) is 17.9. The fourth-order valence-corrected chi connectivity index (χ4v) is 4.07. The van der Waals surface area contributed by atoms with Crippen molar-refractivity contribution in [1.29, 1.82) is 0 Å². The summed E-state index contributed by atoms with van der Waals surface area (Å²) in [6, 6.07) is 18.8. The largest absolute Gasteiger partial charge is 0.411 e. The number of carbonyl (C=O) groups excluding carboxylic acids is 1. The molecule has 2 aromatic carbocycles.